The number of aliphatic hydroxyl groups excluding tert-OH is 1. The van der Waals surface area contributed by atoms with E-state index in [1.165, 1.54) is 24.0 Å². The molecule has 0 amide bonds. The Hall–Kier alpha value is -0.640. The third-order valence-electron chi connectivity index (χ3n) is 4.01. The van der Waals surface area contributed by atoms with Crippen LogP contribution in [0.2, 0.25) is 0 Å². The summed E-state index contributed by atoms with van der Waals surface area (Å²) in [6, 6.07) is 10.4. The molecule has 0 saturated carbocycles. The number of rotatable bonds is 2. The first-order valence-electron chi connectivity index (χ1n) is 6.81. The van der Waals surface area contributed by atoms with Gasteiger partial charge in [-0.3, -0.25) is 0 Å². The second-order valence-electron chi connectivity index (χ2n) is 5.41. The van der Waals surface area contributed by atoms with Gasteiger partial charge in [-0.25, -0.2) is 0 Å². The Morgan fingerprint density at radius 1 is 1.00 bits per heavy atom. The van der Waals surface area contributed by atoms with Crippen LogP contribution in [0.5, 0.6) is 0 Å². The molecule has 1 aliphatic rings. The third-order valence-corrected chi connectivity index (χ3v) is 5.55. The van der Waals surface area contributed by atoms with Gasteiger partial charge in [-0.15, -0.1) is 0 Å². The van der Waals surface area contributed by atoms with E-state index in [0.717, 1.165) is 32.1 Å². The average molecular weight is 396 g/mol. The highest BCUT2D eigenvalue weighted by atomic mass is 79.9. The fourth-order valence-electron chi connectivity index (χ4n) is 2.81. The first-order valence-corrected chi connectivity index (χ1v) is 8.40. The minimum Gasteiger partial charge on any atom is -0.384 e. The van der Waals surface area contributed by atoms with Crippen LogP contribution in [-0.4, -0.2) is 5.11 Å². The van der Waals surface area contributed by atoms with Gasteiger partial charge in [0.2, 0.25) is 0 Å². The Bertz CT molecular complexity index is 664. The number of hydrogen-bond acceptors (Lipinski definition) is 1. The zero-order chi connectivity index (χ0) is 14.3. The molecule has 2 aromatic carbocycles. The maximum absolute atomic E-state index is 10.7. The van der Waals surface area contributed by atoms with Gasteiger partial charge in [0.1, 0.15) is 6.10 Å². The van der Waals surface area contributed by atoms with Crippen molar-refractivity contribution in [2.24, 2.45) is 0 Å². The van der Waals surface area contributed by atoms with Crippen molar-refractivity contribution in [3.05, 3.63) is 67.1 Å². The Morgan fingerprint density at radius 2 is 1.75 bits per heavy atom. The quantitative estimate of drug-likeness (QED) is 0.750. The van der Waals surface area contributed by atoms with Crippen LogP contribution in [0.4, 0.5) is 0 Å². The van der Waals surface area contributed by atoms with E-state index in [1.807, 2.05) is 19.1 Å². The highest BCUT2D eigenvalue weighted by molar-refractivity contribution is 9.11. The second-order valence-corrected chi connectivity index (χ2v) is 7.12. The molecule has 20 heavy (non-hydrogen) atoms. The third kappa shape index (κ3) is 2.59. The van der Waals surface area contributed by atoms with E-state index < -0.39 is 6.10 Å². The molecule has 0 bridgehead atoms. The van der Waals surface area contributed by atoms with Crippen molar-refractivity contribution in [1.29, 1.82) is 0 Å². The molecular formula is C17H16Br2O. The normalized spacial score (nSPS) is 15.2. The molecule has 1 unspecified atom stereocenters. The van der Waals surface area contributed by atoms with E-state index in [4.69, 9.17) is 0 Å². The van der Waals surface area contributed by atoms with Crippen molar-refractivity contribution in [3.8, 4) is 0 Å². The molecule has 0 radical (unpaired) electrons. The SMILES string of the molecule is Cc1cc(Br)c(C(O)c2ccc3c(c2)CCC3)cc1Br. The summed E-state index contributed by atoms with van der Waals surface area (Å²) in [5.74, 6) is 0. The van der Waals surface area contributed by atoms with Crippen molar-refractivity contribution >= 4 is 31.9 Å². The lowest BCUT2D eigenvalue weighted by Gasteiger charge is -2.16. The van der Waals surface area contributed by atoms with Gasteiger partial charge in [-0.05, 0) is 60.6 Å². The molecule has 1 aliphatic carbocycles. The van der Waals surface area contributed by atoms with Gasteiger partial charge < -0.3 is 5.11 Å². The van der Waals surface area contributed by atoms with Gasteiger partial charge in [0.25, 0.3) is 0 Å². The summed E-state index contributed by atoms with van der Waals surface area (Å²) in [6.45, 7) is 2.04. The highest BCUT2D eigenvalue weighted by Crippen LogP contribution is 2.34. The minimum absolute atomic E-state index is 0.591. The fourth-order valence-corrected chi connectivity index (χ4v) is 3.85. The summed E-state index contributed by atoms with van der Waals surface area (Å²) in [5.41, 5.74) is 5.86. The molecule has 2 aromatic rings. The second kappa shape index (κ2) is 5.63. The fraction of sp³-hybridized carbons (Fsp3) is 0.294. The lowest BCUT2D eigenvalue weighted by molar-refractivity contribution is 0.219. The van der Waals surface area contributed by atoms with E-state index in [9.17, 15) is 5.11 Å². The highest BCUT2D eigenvalue weighted by Gasteiger charge is 2.18. The molecular weight excluding hydrogens is 380 g/mol. The summed E-state index contributed by atoms with van der Waals surface area (Å²) >= 11 is 7.10. The molecule has 104 valence electrons. The van der Waals surface area contributed by atoms with Crippen molar-refractivity contribution < 1.29 is 5.11 Å². The van der Waals surface area contributed by atoms with Crippen LogP contribution >= 0.6 is 31.9 Å². The number of hydrogen-bond donors (Lipinski definition) is 1. The summed E-state index contributed by atoms with van der Waals surface area (Å²) in [7, 11) is 0. The van der Waals surface area contributed by atoms with Crippen LogP contribution in [-0.2, 0) is 12.8 Å². The van der Waals surface area contributed by atoms with Crippen LogP contribution in [0, 0.1) is 6.92 Å². The van der Waals surface area contributed by atoms with Crippen molar-refractivity contribution in [3.63, 3.8) is 0 Å². The standard InChI is InChI=1S/C17H16Br2O/c1-10-7-16(19)14(9-15(10)18)17(20)13-6-5-11-3-2-4-12(11)8-13/h5-9,17,20H,2-4H2,1H3. The summed E-state index contributed by atoms with van der Waals surface area (Å²) in [5, 5.41) is 10.7. The smallest absolute Gasteiger partial charge is 0.105 e. The van der Waals surface area contributed by atoms with Gasteiger partial charge >= 0.3 is 0 Å². The molecule has 3 heteroatoms. The number of aryl methyl sites for hydroxylation is 3. The number of fused-ring (bicyclic) bond motifs is 1. The van der Waals surface area contributed by atoms with Crippen LogP contribution in [0.1, 0.15) is 40.3 Å². The summed E-state index contributed by atoms with van der Waals surface area (Å²) < 4.78 is 1.97. The number of benzene rings is 2. The van der Waals surface area contributed by atoms with Crippen molar-refractivity contribution in [2.45, 2.75) is 32.3 Å². The predicted molar refractivity (Wildman–Crippen MR) is 89.1 cm³/mol. The molecule has 1 nitrogen and oxygen atoms in total. The number of halogens is 2. The zero-order valence-corrected chi connectivity index (χ0v) is 14.5. The van der Waals surface area contributed by atoms with E-state index in [-0.39, 0.29) is 0 Å². The van der Waals surface area contributed by atoms with E-state index in [1.54, 1.807) is 0 Å². The Morgan fingerprint density at radius 3 is 2.55 bits per heavy atom. The molecule has 0 aliphatic heterocycles. The first-order chi connectivity index (χ1) is 9.56. The molecule has 0 saturated heterocycles. The van der Waals surface area contributed by atoms with Gasteiger partial charge in [-0.1, -0.05) is 50.1 Å². The van der Waals surface area contributed by atoms with Crippen molar-refractivity contribution in [2.75, 3.05) is 0 Å². The van der Waals surface area contributed by atoms with Crippen molar-refractivity contribution in [1.82, 2.24) is 0 Å². The Balaban J connectivity index is 2.00. The predicted octanol–water partition coefficient (Wildman–Crippen LogP) is 5.09. The maximum atomic E-state index is 10.7. The first kappa shape index (κ1) is 14.3. The molecule has 0 spiro atoms. The molecule has 0 heterocycles. The lowest BCUT2D eigenvalue weighted by Crippen LogP contribution is -2.02. The van der Waals surface area contributed by atoms with Gasteiger partial charge in [-0.2, -0.15) is 0 Å². The number of aliphatic hydroxyl groups is 1. The molecule has 3 rings (SSSR count). The zero-order valence-electron chi connectivity index (χ0n) is 11.3. The molecule has 1 atom stereocenters. The average Bonchev–Trinajstić information content (AvgIpc) is 2.89. The minimum atomic E-state index is -0.591. The maximum Gasteiger partial charge on any atom is 0.105 e. The van der Waals surface area contributed by atoms with Gasteiger partial charge in [0.05, 0.1) is 0 Å². The monoisotopic (exact) mass is 394 g/mol. The van der Waals surface area contributed by atoms with Gasteiger partial charge in [0.15, 0.2) is 0 Å². The van der Waals surface area contributed by atoms with Crippen LogP contribution in [0.3, 0.4) is 0 Å². The van der Waals surface area contributed by atoms with E-state index >= 15 is 0 Å². The van der Waals surface area contributed by atoms with E-state index in [2.05, 4.69) is 50.1 Å². The Kier molecular flexibility index (Phi) is 4.02. The summed E-state index contributed by atoms with van der Waals surface area (Å²) in [6.07, 6.45) is 2.95. The van der Waals surface area contributed by atoms with Gasteiger partial charge in [0, 0.05) is 14.5 Å². The largest absolute Gasteiger partial charge is 0.384 e. The lowest BCUT2D eigenvalue weighted by atomic mass is 9.97. The topological polar surface area (TPSA) is 20.2 Å². The van der Waals surface area contributed by atoms with Crippen LogP contribution in [0.15, 0.2) is 39.3 Å². The molecule has 0 aromatic heterocycles. The summed E-state index contributed by atoms with van der Waals surface area (Å²) in [4.78, 5) is 0. The van der Waals surface area contributed by atoms with E-state index in [0.29, 0.717) is 0 Å². The molecule has 1 N–H and O–H groups in total. The van der Waals surface area contributed by atoms with Crippen LogP contribution in [0.25, 0.3) is 0 Å². The van der Waals surface area contributed by atoms with Crippen LogP contribution < -0.4 is 0 Å². The molecule has 0 fully saturated rings. The Labute approximate surface area is 136 Å².